The van der Waals surface area contributed by atoms with Crippen molar-refractivity contribution in [1.82, 2.24) is 5.32 Å². The van der Waals surface area contributed by atoms with E-state index in [4.69, 9.17) is 5.11 Å². The van der Waals surface area contributed by atoms with Gasteiger partial charge in [0.25, 0.3) is 0 Å². The van der Waals surface area contributed by atoms with Crippen LogP contribution < -0.4 is 10.6 Å². The molecule has 0 fully saturated rings. The van der Waals surface area contributed by atoms with Crippen molar-refractivity contribution in [3.8, 4) is 0 Å². The van der Waals surface area contributed by atoms with Crippen LogP contribution in [-0.4, -0.2) is 23.0 Å². The lowest BCUT2D eigenvalue weighted by Crippen LogP contribution is -2.35. The highest BCUT2D eigenvalue weighted by Crippen LogP contribution is 2.23. The molecule has 1 aromatic carbocycles. The number of carboxylic acid groups (broad SMARTS) is 1. The van der Waals surface area contributed by atoms with Gasteiger partial charge in [0, 0.05) is 12.5 Å². The van der Waals surface area contributed by atoms with Gasteiger partial charge in [-0.1, -0.05) is 0 Å². The Morgan fingerprint density at radius 2 is 1.52 bits per heavy atom. The minimum Gasteiger partial charge on any atom is -0.481 e. The molecule has 0 spiro atoms. The average Bonchev–Trinajstić information content (AvgIpc) is 2.39. The molecule has 0 saturated carbocycles. The van der Waals surface area contributed by atoms with E-state index in [1.807, 2.05) is 0 Å². The van der Waals surface area contributed by atoms with Gasteiger partial charge < -0.3 is 10.4 Å². The number of carbonyl (C=O) groups is 3. The fourth-order valence-electron chi connectivity index (χ4n) is 1.24. The van der Waals surface area contributed by atoms with Crippen LogP contribution in [0.3, 0.4) is 0 Å². The summed E-state index contributed by atoms with van der Waals surface area (Å²) in [7, 11) is 0. The largest absolute Gasteiger partial charge is 0.481 e. The van der Waals surface area contributed by atoms with E-state index in [9.17, 15) is 31.9 Å². The number of nitrogens with one attached hydrogen (secondary N) is 2. The topological polar surface area (TPSA) is 95.5 Å². The van der Waals surface area contributed by atoms with Crippen LogP contribution in [0.5, 0.6) is 0 Å². The molecule has 0 unspecified atom stereocenters. The molecular weight excluding hydrogens is 300 g/mol. The highest BCUT2D eigenvalue weighted by Gasteiger charge is 2.21. The molecule has 0 radical (unpaired) electrons. The number of carbonyl (C=O) groups excluding carboxylic acids is 2. The lowest BCUT2D eigenvalue weighted by Gasteiger charge is -2.09. The lowest BCUT2D eigenvalue weighted by atomic mass is 10.2. The number of urea groups is 1. The van der Waals surface area contributed by atoms with Crippen molar-refractivity contribution >= 4 is 23.6 Å². The number of halogens is 4. The van der Waals surface area contributed by atoms with Crippen LogP contribution in [0.4, 0.5) is 28.0 Å². The summed E-state index contributed by atoms with van der Waals surface area (Å²) in [6.45, 7) is 0. The number of anilines is 1. The molecule has 21 heavy (non-hydrogen) atoms. The maximum absolute atomic E-state index is 13.2. The predicted molar refractivity (Wildman–Crippen MR) is 60.3 cm³/mol. The number of imide groups is 1. The smallest absolute Gasteiger partial charge is 0.326 e. The van der Waals surface area contributed by atoms with E-state index in [1.165, 1.54) is 5.32 Å². The Hall–Kier alpha value is -2.65. The molecule has 0 aliphatic heterocycles. The molecule has 0 aliphatic carbocycles. The average molecular weight is 308 g/mol. The lowest BCUT2D eigenvalue weighted by molar-refractivity contribution is -0.138. The highest BCUT2D eigenvalue weighted by atomic mass is 19.2. The number of hydrogen-bond donors (Lipinski definition) is 3. The van der Waals surface area contributed by atoms with Gasteiger partial charge >= 0.3 is 12.0 Å². The van der Waals surface area contributed by atoms with E-state index >= 15 is 0 Å². The van der Waals surface area contributed by atoms with Gasteiger partial charge in [-0.05, 0) is 0 Å². The molecule has 3 N–H and O–H groups in total. The number of carboxylic acids is 1. The zero-order valence-electron chi connectivity index (χ0n) is 10.2. The van der Waals surface area contributed by atoms with Crippen LogP contribution >= 0.6 is 0 Å². The van der Waals surface area contributed by atoms with Crippen LogP contribution in [0, 0.1) is 23.3 Å². The summed E-state index contributed by atoms with van der Waals surface area (Å²) in [5, 5.41) is 11.3. The van der Waals surface area contributed by atoms with E-state index in [-0.39, 0.29) is 6.07 Å². The first-order valence-electron chi connectivity index (χ1n) is 5.38. The van der Waals surface area contributed by atoms with Crippen LogP contribution in [0.2, 0.25) is 0 Å². The summed E-state index contributed by atoms with van der Waals surface area (Å²) in [6.07, 6.45) is -1.14. The van der Waals surface area contributed by atoms with E-state index in [0.717, 1.165) is 0 Å². The van der Waals surface area contributed by atoms with E-state index in [1.54, 1.807) is 5.32 Å². The number of hydrogen-bond acceptors (Lipinski definition) is 3. The Labute approximate surface area is 114 Å². The molecule has 114 valence electrons. The molecule has 0 aliphatic rings. The molecule has 1 rings (SSSR count). The van der Waals surface area contributed by atoms with Gasteiger partial charge in [-0.3, -0.25) is 14.9 Å². The summed E-state index contributed by atoms with van der Waals surface area (Å²) in [6, 6.07) is -1.51. The van der Waals surface area contributed by atoms with E-state index in [2.05, 4.69) is 0 Å². The fourth-order valence-corrected chi connectivity index (χ4v) is 1.24. The Morgan fingerprint density at radius 1 is 1.00 bits per heavy atom. The first-order valence-corrected chi connectivity index (χ1v) is 5.38. The molecule has 0 aromatic heterocycles. The molecule has 0 saturated heterocycles. The second-order valence-corrected chi connectivity index (χ2v) is 3.74. The predicted octanol–water partition coefficient (Wildman–Crippen LogP) is 1.76. The van der Waals surface area contributed by atoms with Gasteiger partial charge in [-0.25, -0.2) is 22.4 Å². The van der Waals surface area contributed by atoms with Crippen molar-refractivity contribution in [3.05, 3.63) is 29.3 Å². The Kier molecular flexibility index (Phi) is 5.22. The van der Waals surface area contributed by atoms with Crippen LogP contribution in [-0.2, 0) is 9.59 Å². The summed E-state index contributed by atoms with van der Waals surface area (Å²) in [5.74, 6) is -9.51. The third-order valence-corrected chi connectivity index (χ3v) is 2.17. The third-order valence-electron chi connectivity index (χ3n) is 2.17. The normalized spacial score (nSPS) is 10.1. The van der Waals surface area contributed by atoms with Crippen molar-refractivity contribution in [2.45, 2.75) is 12.8 Å². The van der Waals surface area contributed by atoms with Crippen molar-refractivity contribution < 1.29 is 37.1 Å². The van der Waals surface area contributed by atoms with Crippen LogP contribution in [0.25, 0.3) is 0 Å². The molecule has 0 heterocycles. The molecule has 10 heteroatoms. The molecule has 6 nitrogen and oxygen atoms in total. The van der Waals surface area contributed by atoms with Crippen molar-refractivity contribution in [2.75, 3.05) is 5.32 Å². The first kappa shape index (κ1) is 16.4. The Balaban J connectivity index is 2.76. The Bertz CT molecular complexity index is 580. The maximum atomic E-state index is 13.2. The summed E-state index contributed by atoms with van der Waals surface area (Å²) < 4.78 is 52.1. The van der Waals surface area contributed by atoms with E-state index < -0.39 is 59.7 Å². The van der Waals surface area contributed by atoms with Crippen molar-refractivity contribution in [2.24, 2.45) is 0 Å². The first-order chi connectivity index (χ1) is 9.72. The SMILES string of the molecule is O=C(O)CCC(=O)NC(=O)Nc1c(F)c(F)cc(F)c1F. The van der Waals surface area contributed by atoms with Gasteiger partial charge in [0.2, 0.25) is 5.91 Å². The van der Waals surface area contributed by atoms with Gasteiger partial charge in [-0.15, -0.1) is 0 Å². The second-order valence-electron chi connectivity index (χ2n) is 3.74. The standard InChI is InChI=1S/C11H8F4N2O4/c12-4-3-5(13)9(15)10(8(4)14)17-11(21)16-6(18)1-2-7(19)20/h3H,1-2H2,(H,19,20)(H2,16,17,18,21). The zero-order chi connectivity index (χ0) is 16.2. The minimum atomic E-state index is -1.85. The van der Waals surface area contributed by atoms with Gasteiger partial charge in [-0.2, -0.15) is 0 Å². The van der Waals surface area contributed by atoms with E-state index in [0.29, 0.717) is 0 Å². The number of amides is 3. The van der Waals surface area contributed by atoms with Gasteiger partial charge in [0.05, 0.1) is 6.42 Å². The zero-order valence-corrected chi connectivity index (χ0v) is 10.2. The van der Waals surface area contributed by atoms with Crippen LogP contribution in [0.1, 0.15) is 12.8 Å². The summed E-state index contributed by atoms with van der Waals surface area (Å²) >= 11 is 0. The van der Waals surface area contributed by atoms with Gasteiger partial charge in [0.1, 0.15) is 5.69 Å². The van der Waals surface area contributed by atoms with Crippen LogP contribution in [0.15, 0.2) is 6.07 Å². The van der Waals surface area contributed by atoms with Gasteiger partial charge in [0.15, 0.2) is 23.3 Å². The number of benzene rings is 1. The summed E-state index contributed by atoms with van der Waals surface area (Å²) in [5.41, 5.74) is -1.41. The highest BCUT2D eigenvalue weighted by molar-refractivity contribution is 6.01. The molecular formula is C11H8F4N2O4. The second kappa shape index (κ2) is 6.68. The minimum absolute atomic E-state index is 0.0498. The monoisotopic (exact) mass is 308 g/mol. The number of rotatable bonds is 4. The molecule has 0 bridgehead atoms. The maximum Gasteiger partial charge on any atom is 0.326 e. The molecule has 3 amide bonds. The molecule has 0 atom stereocenters. The van der Waals surface area contributed by atoms with Crippen molar-refractivity contribution in [3.63, 3.8) is 0 Å². The quantitative estimate of drug-likeness (QED) is 0.583. The molecule has 1 aromatic rings. The fraction of sp³-hybridized carbons (Fsp3) is 0.182. The Morgan fingerprint density at radius 3 is 2.00 bits per heavy atom. The third kappa shape index (κ3) is 4.44. The van der Waals surface area contributed by atoms with Crippen molar-refractivity contribution in [1.29, 1.82) is 0 Å². The number of aliphatic carboxylic acids is 1. The summed E-state index contributed by atoms with van der Waals surface area (Å²) in [4.78, 5) is 32.5.